The summed E-state index contributed by atoms with van der Waals surface area (Å²) in [5, 5.41) is 9.09. The van der Waals surface area contributed by atoms with Crippen LogP contribution in [0.2, 0.25) is 0 Å². The Balaban J connectivity index is 2.41. The van der Waals surface area contributed by atoms with Crippen LogP contribution in [0, 0.1) is 11.8 Å². The molecule has 1 heterocycles. The number of likely N-dealkylation sites (tertiary alicyclic amines) is 1. The van der Waals surface area contributed by atoms with Gasteiger partial charge in [0.25, 0.3) is 0 Å². The summed E-state index contributed by atoms with van der Waals surface area (Å²) in [4.78, 5) is 2.55. The molecule has 1 fully saturated rings. The van der Waals surface area contributed by atoms with Gasteiger partial charge in [-0.05, 0) is 31.7 Å². The van der Waals surface area contributed by atoms with E-state index in [9.17, 15) is 0 Å². The smallest absolute Gasteiger partial charge is 0.0471 e. The third-order valence-electron chi connectivity index (χ3n) is 3.88. The van der Waals surface area contributed by atoms with Crippen LogP contribution in [0.3, 0.4) is 0 Å². The Hall–Kier alpha value is -0.0800. The maximum Gasteiger partial charge on any atom is 0.0471 e. The zero-order chi connectivity index (χ0) is 10.6. The minimum Gasteiger partial charge on any atom is -0.396 e. The van der Waals surface area contributed by atoms with E-state index in [2.05, 4.69) is 25.7 Å². The molecular formula is C12H25NO. The highest BCUT2D eigenvalue weighted by Crippen LogP contribution is 2.24. The molecule has 1 saturated heterocycles. The number of aliphatic hydroxyl groups excluding tert-OH is 1. The molecule has 1 N–H and O–H groups in total. The fourth-order valence-electron chi connectivity index (χ4n) is 2.65. The average Bonchev–Trinajstić information content (AvgIpc) is 2.67. The molecule has 0 amide bonds. The van der Waals surface area contributed by atoms with Gasteiger partial charge in [0, 0.05) is 19.2 Å². The summed E-state index contributed by atoms with van der Waals surface area (Å²) in [6.07, 6.45) is 3.73. The lowest BCUT2D eigenvalue weighted by atomic mass is 9.94. The fraction of sp³-hybridized carbons (Fsp3) is 1.00. The van der Waals surface area contributed by atoms with Gasteiger partial charge in [0.15, 0.2) is 0 Å². The van der Waals surface area contributed by atoms with Crippen LogP contribution in [-0.4, -0.2) is 35.7 Å². The predicted octanol–water partition coefficient (Wildman–Crippen LogP) is 2.13. The molecule has 0 spiro atoms. The van der Waals surface area contributed by atoms with Crippen LogP contribution in [0.5, 0.6) is 0 Å². The predicted molar refractivity (Wildman–Crippen MR) is 60.3 cm³/mol. The quantitative estimate of drug-likeness (QED) is 0.733. The lowest BCUT2D eigenvalue weighted by Crippen LogP contribution is -2.36. The lowest BCUT2D eigenvalue weighted by Gasteiger charge is -2.30. The van der Waals surface area contributed by atoms with E-state index < -0.39 is 0 Å². The number of hydrogen-bond donors (Lipinski definition) is 1. The SMILES string of the molecule is CCC(CC)C(C)N1CCC(CO)C1. The van der Waals surface area contributed by atoms with Gasteiger partial charge in [-0.1, -0.05) is 26.7 Å². The van der Waals surface area contributed by atoms with E-state index in [4.69, 9.17) is 5.11 Å². The van der Waals surface area contributed by atoms with Crippen LogP contribution < -0.4 is 0 Å². The van der Waals surface area contributed by atoms with Gasteiger partial charge in [-0.3, -0.25) is 0 Å². The van der Waals surface area contributed by atoms with E-state index in [0.29, 0.717) is 18.6 Å². The third-order valence-corrected chi connectivity index (χ3v) is 3.88. The first-order valence-corrected chi connectivity index (χ1v) is 6.07. The van der Waals surface area contributed by atoms with Crippen molar-refractivity contribution in [3.8, 4) is 0 Å². The summed E-state index contributed by atoms with van der Waals surface area (Å²) in [6, 6.07) is 0.696. The molecule has 2 heteroatoms. The molecule has 2 nitrogen and oxygen atoms in total. The molecule has 14 heavy (non-hydrogen) atoms. The molecule has 0 aromatic rings. The van der Waals surface area contributed by atoms with Gasteiger partial charge >= 0.3 is 0 Å². The zero-order valence-electron chi connectivity index (χ0n) is 9.87. The minimum absolute atomic E-state index is 0.367. The highest BCUT2D eigenvalue weighted by atomic mass is 16.3. The maximum atomic E-state index is 9.09. The molecule has 0 aromatic carbocycles. The summed E-state index contributed by atoms with van der Waals surface area (Å²) in [7, 11) is 0. The second kappa shape index (κ2) is 5.72. The van der Waals surface area contributed by atoms with Crippen LogP contribution in [0.1, 0.15) is 40.0 Å². The maximum absolute atomic E-state index is 9.09. The van der Waals surface area contributed by atoms with Gasteiger partial charge in [-0.25, -0.2) is 0 Å². The van der Waals surface area contributed by atoms with E-state index in [1.807, 2.05) is 0 Å². The molecule has 84 valence electrons. The zero-order valence-corrected chi connectivity index (χ0v) is 9.87. The van der Waals surface area contributed by atoms with Crippen molar-refractivity contribution in [3.63, 3.8) is 0 Å². The van der Waals surface area contributed by atoms with Crippen molar-refractivity contribution >= 4 is 0 Å². The molecule has 2 atom stereocenters. The van der Waals surface area contributed by atoms with Gasteiger partial charge in [-0.15, -0.1) is 0 Å². The summed E-state index contributed by atoms with van der Waals surface area (Å²) < 4.78 is 0. The molecular weight excluding hydrogens is 174 g/mol. The number of aliphatic hydroxyl groups is 1. The summed E-state index contributed by atoms with van der Waals surface area (Å²) >= 11 is 0. The van der Waals surface area contributed by atoms with Crippen LogP contribution >= 0.6 is 0 Å². The van der Waals surface area contributed by atoms with Crippen LogP contribution in [0.25, 0.3) is 0 Å². The van der Waals surface area contributed by atoms with Crippen molar-refractivity contribution in [2.45, 2.75) is 46.1 Å². The Kier molecular flexibility index (Phi) is 4.90. The van der Waals surface area contributed by atoms with E-state index in [0.717, 1.165) is 12.5 Å². The van der Waals surface area contributed by atoms with Crippen LogP contribution in [0.4, 0.5) is 0 Å². The Labute approximate surface area is 88.3 Å². The number of hydrogen-bond acceptors (Lipinski definition) is 2. The van der Waals surface area contributed by atoms with E-state index in [-0.39, 0.29) is 0 Å². The summed E-state index contributed by atoms with van der Waals surface area (Å²) in [5.41, 5.74) is 0. The lowest BCUT2D eigenvalue weighted by molar-refractivity contribution is 0.162. The van der Waals surface area contributed by atoms with E-state index >= 15 is 0 Å². The first-order valence-electron chi connectivity index (χ1n) is 6.07. The van der Waals surface area contributed by atoms with Gasteiger partial charge in [0.05, 0.1) is 0 Å². The number of nitrogens with zero attached hydrogens (tertiary/aromatic N) is 1. The van der Waals surface area contributed by atoms with Crippen LogP contribution in [0.15, 0.2) is 0 Å². The Morgan fingerprint density at radius 2 is 2.00 bits per heavy atom. The van der Waals surface area contributed by atoms with Gasteiger partial charge < -0.3 is 10.0 Å². The standard InChI is InChI=1S/C12H25NO/c1-4-12(5-2)10(3)13-7-6-11(8-13)9-14/h10-12,14H,4-9H2,1-3H3. The molecule has 0 radical (unpaired) electrons. The van der Waals surface area contributed by atoms with Crippen molar-refractivity contribution in [2.75, 3.05) is 19.7 Å². The van der Waals surface area contributed by atoms with Crippen molar-refractivity contribution < 1.29 is 5.11 Å². The largest absolute Gasteiger partial charge is 0.396 e. The van der Waals surface area contributed by atoms with Gasteiger partial charge in [0.2, 0.25) is 0 Å². The first kappa shape index (κ1) is 12.0. The fourth-order valence-corrected chi connectivity index (χ4v) is 2.65. The van der Waals surface area contributed by atoms with Crippen molar-refractivity contribution in [3.05, 3.63) is 0 Å². The summed E-state index contributed by atoms with van der Waals surface area (Å²) in [6.45, 7) is 9.56. The molecule has 0 aliphatic carbocycles. The molecule has 0 aromatic heterocycles. The first-order chi connectivity index (χ1) is 6.72. The monoisotopic (exact) mass is 199 g/mol. The van der Waals surface area contributed by atoms with Crippen molar-refractivity contribution in [2.24, 2.45) is 11.8 Å². The van der Waals surface area contributed by atoms with E-state index in [1.54, 1.807) is 0 Å². The molecule has 1 aliphatic rings. The van der Waals surface area contributed by atoms with E-state index in [1.165, 1.54) is 25.8 Å². The summed E-state index contributed by atoms with van der Waals surface area (Å²) in [5.74, 6) is 1.36. The normalized spacial score (nSPS) is 25.9. The molecule has 0 bridgehead atoms. The second-order valence-corrected chi connectivity index (χ2v) is 4.65. The second-order valence-electron chi connectivity index (χ2n) is 4.65. The Morgan fingerprint density at radius 1 is 1.36 bits per heavy atom. The van der Waals surface area contributed by atoms with Gasteiger partial charge in [-0.2, -0.15) is 0 Å². The topological polar surface area (TPSA) is 23.5 Å². The molecule has 1 aliphatic heterocycles. The number of rotatable bonds is 5. The average molecular weight is 199 g/mol. The molecule has 0 saturated carbocycles. The van der Waals surface area contributed by atoms with Gasteiger partial charge in [0.1, 0.15) is 0 Å². The Bertz CT molecular complexity index is 156. The molecule has 2 unspecified atom stereocenters. The van der Waals surface area contributed by atoms with Crippen molar-refractivity contribution in [1.29, 1.82) is 0 Å². The molecule has 1 rings (SSSR count). The minimum atomic E-state index is 0.367. The highest BCUT2D eigenvalue weighted by Gasteiger charge is 2.28. The highest BCUT2D eigenvalue weighted by molar-refractivity contribution is 4.82. The Morgan fingerprint density at radius 3 is 2.43 bits per heavy atom. The van der Waals surface area contributed by atoms with Crippen LogP contribution in [-0.2, 0) is 0 Å². The third kappa shape index (κ3) is 2.71. The van der Waals surface area contributed by atoms with Crippen molar-refractivity contribution in [1.82, 2.24) is 4.90 Å².